The number of hydrogen-bond donors (Lipinski definition) is 0. The summed E-state index contributed by atoms with van der Waals surface area (Å²) in [6.45, 7) is 1.90. The average Bonchev–Trinajstić information content (AvgIpc) is 2.74. The predicted molar refractivity (Wildman–Crippen MR) is 67.0 cm³/mol. The number of nitrogens with zero attached hydrogens (tertiary/aromatic N) is 1. The van der Waals surface area contributed by atoms with Gasteiger partial charge in [-0.25, -0.2) is 13.2 Å². The standard InChI is InChI=1S/C10H11NO6S2/c1-4-17-6-7-5(11(2)9(6)12)8(10(13)16-3)19(14,15)18-7/h4H2,1-3H3. The largest absolute Gasteiger partial charge is 0.487 e. The van der Waals surface area contributed by atoms with E-state index in [1.807, 2.05) is 0 Å². The van der Waals surface area contributed by atoms with E-state index in [9.17, 15) is 18.0 Å². The lowest BCUT2D eigenvalue weighted by Crippen LogP contribution is -2.24. The lowest BCUT2D eigenvalue weighted by atomic mass is 10.3. The Bertz CT molecular complexity index is 630. The Labute approximate surface area is 113 Å². The summed E-state index contributed by atoms with van der Waals surface area (Å²) in [5.74, 6) is -1.52. The third kappa shape index (κ3) is 1.93. The molecule has 2 aliphatic rings. The molecular formula is C10H11NO6S2. The van der Waals surface area contributed by atoms with E-state index < -0.39 is 25.7 Å². The molecule has 0 saturated carbocycles. The summed E-state index contributed by atoms with van der Waals surface area (Å²) in [6, 6.07) is 0. The van der Waals surface area contributed by atoms with Crippen molar-refractivity contribution in [1.29, 1.82) is 0 Å². The van der Waals surface area contributed by atoms with Crippen LogP contribution in [0.5, 0.6) is 0 Å². The van der Waals surface area contributed by atoms with E-state index in [0.717, 1.165) is 12.0 Å². The molecule has 0 bridgehead atoms. The Kier molecular flexibility index (Phi) is 3.35. The molecule has 9 heteroatoms. The van der Waals surface area contributed by atoms with Crippen molar-refractivity contribution in [3.8, 4) is 0 Å². The van der Waals surface area contributed by atoms with Crippen LogP contribution in [0.4, 0.5) is 0 Å². The molecule has 0 saturated heterocycles. The molecule has 0 radical (unpaired) electrons. The van der Waals surface area contributed by atoms with Crippen LogP contribution in [0.15, 0.2) is 21.3 Å². The summed E-state index contributed by atoms with van der Waals surface area (Å²) in [5, 5.41) is 0. The van der Waals surface area contributed by atoms with E-state index in [-0.39, 0.29) is 23.0 Å². The van der Waals surface area contributed by atoms with Crippen LogP contribution < -0.4 is 0 Å². The second-order valence-electron chi connectivity index (χ2n) is 3.66. The number of esters is 1. The van der Waals surface area contributed by atoms with Gasteiger partial charge < -0.3 is 14.4 Å². The maximum atomic E-state index is 12.0. The average molecular weight is 305 g/mol. The van der Waals surface area contributed by atoms with Gasteiger partial charge in [0.15, 0.2) is 4.91 Å². The molecule has 1 amide bonds. The van der Waals surface area contributed by atoms with Crippen molar-refractivity contribution >= 4 is 31.5 Å². The molecule has 0 spiro atoms. The van der Waals surface area contributed by atoms with E-state index in [4.69, 9.17) is 4.74 Å². The fourth-order valence-corrected chi connectivity index (χ4v) is 5.26. The number of rotatable bonds is 3. The fourth-order valence-electron chi connectivity index (χ4n) is 1.78. The molecule has 0 aromatic carbocycles. The smallest absolute Gasteiger partial charge is 0.352 e. The van der Waals surface area contributed by atoms with Gasteiger partial charge in [0.1, 0.15) is 0 Å². The second kappa shape index (κ2) is 4.57. The minimum Gasteiger partial charge on any atom is -0.487 e. The van der Waals surface area contributed by atoms with E-state index in [1.54, 1.807) is 6.92 Å². The topological polar surface area (TPSA) is 90.0 Å². The van der Waals surface area contributed by atoms with Gasteiger partial charge in [0.2, 0.25) is 14.6 Å². The molecule has 0 N–H and O–H groups in total. The minimum absolute atomic E-state index is 0.0327. The molecule has 0 aromatic rings. The van der Waals surface area contributed by atoms with Crippen molar-refractivity contribution < 1.29 is 27.5 Å². The molecule has 2 aliphatic heterocycles. The predicted octanol–water partition coefficient (Wildman–Crippen LogP) is 0.168. The Morgan fingerprint density at radius 3 is 2.58 bits per heavy atom. The molecule has 19 heavy (non-hydrogen) atoms. The third-order valence-electron chi connectivity index (χ3n) is 2.57. The first-order valence-corrected chi connectivity index (χ1v) is 8.09. The van der Waals surface area contributed by atoms with Crippen molar-refractivity contribution in [3.05, 3.63) is 21.3 Å². The molecule has 0 unspecified atom stereocenters. The molecule has 2 rings (SSSR count). The molecular weight excluding hydrogens is 294 g/mol. The number of amides is 1. The van der Waals surface area contributed by atoms with Gasteiger partial charge >= 0.3 is 5.97 Å². The molecule has 7 nitrogen and oxygen atoms in total. The highest BCUT2D eigenvalue weighted by Crippen LogP contribution is 2.50. The highest BCUT2D eigenvalue weighted by molar-refractivity contribution is 8.75. The minimum atomic E-state index is -3.88. The quantitative estimate of drug-likeness (QED) is 0.542. The van der Waals surface area contributed by atoms with E-state index >= 15 is 0 Å². The SMILES string of the molecule is CCOC1=C2SS(=O)(=O)C(C(=O)OC)=C2N(C)C1=O. The van der Waals surface area contributed by atoms with E-state index in [2.05, 4.69) is 4.74 Å². The van der Waals surface area contributed by atoms with Crippen molar-refractivity contribution in [1.82, 2.24) is 4.90 Å². The monoisotopic (exact) mass is 305 g/mol. The van der Waals surface area contributed by atoms with Crippen LogP contribution in [0.1, 0.15) is 6.92 Å². The van der Waals surface area contributed by atoms with Gasteiger partial charge in [-0.3, -0.25) is 4.79 Å². The molecule has 0 aliphatic carbocycles. The number of ether oxygens (including phenoxy) is 2. The highest BCUT2D eigenvalue weighted by Gasteiger charge is 2.50. The molecule has 2 heterocycles. The summed E-state index contributed by atoms with van der Waals surface area (Å²) in [6.07, 6.45) is 0. The van der Waals surface area contributed by atoms with Crippen LogP contribution in [0, 0.1) is 0 Å². The Hall–Kier alpha value is -1.48. The Balaban J connectivity index is 2.69. The van der Waals surface area contributed by atoms with Crippen molar-refractivity contribution in [2.24, 2.45) is 0 Å². The van der Waals surface area contributed by atoms with Gasteiger partial charge in [-0.2, -0.15) is 0 Å². The molecule has 0 fully saturated rings. The Morgan fingerprint density at radius 1 is 1.42 bits per heavy atom. The maximum Gasteiger partial charge on any atom is 0.352 e. The third-order valence-corrected chi connectivity index (χ3v) is 5.86. The second-order valence-corrected chi connectivity index (χ2v) is 7.37. The fraction of sp³-hybridized carbons (Fsp3) is 0.400. The summed E-state index contributed by atoms with van der Waals surface area (Å²) in [4.78, 5) is 24.3. The lowest BCUT2D eigenvalue weighted by Gasteiger charge is -2.12. The number of carbonyl (C=O) groups excluding carboxylic acids is 2. The zero-order valence-corrected chi connectivity index (χ0v) is 12.1. The maximum absolute atomic E-state index is 12.0. The summed E-state index contributed by atoms with van der Waals surface area (Å²) < 4.78 is 33.5. The number of carbonyl (C=O) groups is 2. The first-order chi connectivity index (χ1) is 8.85. The summed E-state index contributed by atoms with van der Waals surface area (Å²) in [5.41, 5.74) is 0.0327. The van der Waals surface area contributed by atoms with Crippen molar-refractivity contribution in [3.63, 3.8) is 0 Å². The zero-order chi connectivity index (χ0) is 14.4. The van der Waals surface area contributed by atoms with Crippen LogP contribution in [0.2, 0.25) is 0 Å². The number of fused-ring (bicyclic) bond motifs is 1. The highest BCUT2D eigenvalue weighted by atomic mass is 33.1. The van der Waals surface area contributed by atoms with Crippen LogP contribution in [-0.2, 0) is 27.9 Å². The van der Waals surface area contributed by atoms with Gasteiger partial charge in [0.05, 0.1) is 24.3 Å². The first kappa shape index (κ1) is 13.9. The van der Waals surface area contributed by atoms with Crippen molar-refractivity contribution in [2.45, 2.75) is 6.92 Å². The lowest BCUT2D eigenvalue weighted by molar-refractivity contribution is -0.135. The Morgan fingerprint density at radius 2 is 2.05 bits per heavy atom. The number of methoxy groups -OCH3 is 1. The molecule has 0 aromatic heterocycles. The van der Waals surface area contributed by atoms with Crippen LogP contribution in [0.25, 0.3) is 0 Å². The van der Waals surface area contributed by atoms with Gasteiger partial charge in [0, 0.05) is 17.8 Å². The first-order valence-electron chi connectivity index (χ1n) is 5.27. The van der Waals surface area contributed by atoms with Crippen LogP contribution in [0.3, 0.4) is 0 Å². The number of hydrogen-bond acceptors (Lipinski definition) is 7. The van der Waals surface area contributed by atoms with Gasteiger partial charge in [-0.05, 0) is 6.92 Å². The van der Waals surface area contributed by atoms with Crippen molar-refractivity contribution in [2.75, 3.05) is 20.8 Å². The van der Waals surface area contributed by atoms with E-state index in [0.29, 0.717) is 10.8 Å². The molecule has 0 atom stereocenters. The van der Waals surface area contributed by atoms with Gasteiger partial charge in [0.25, 0.3) is 5.91 Å². The summed E-state index contributed by atoms with van der Waals surface area (Å²) in [7, 11) is -0.976. The van der Waals surface area contributed by atoms with Crippen LogP contribution in [-0.4, -0.2) is 46.0 Å². The zero-order valence-electron chi connectivity index (χ0n) is 10.4. The van der Waals surface area contributed by atoms with Gasteiger partial charge in [-0.15, -0.1) is 0 Å². The van der Waals surface area contributed by atoms with Gasteiger partial charge in [-0.1, -0.05) is 0 Å². The van der Waals surface area contributed by atoms with E-state index in [1.165, 1.54) is 7.05 Å². The summed E-state index contributed by atoms with van der Waals surface area (Å²) >= 11 is 0. The number of likely N-dealkylation sites (N-methyl/N-ethyl adjacent to an activating group) is 1. The van der Waals surface area contributed by atoms with Crippen LogP contribution >= 0.6 is 10.8 Å². The molecule has 104 valence electrons. The normalized spacial score (nSPS) is 21.0.